The van der Waals surface area contributed by atoms with E-state index in [2.05, 4.69) is 22.6 Å². The molecule has 0 radical (unpaired) electrons. The molecule has 0 N–H and O–H groups in total. The van der Waals surface area contributed by atoms with Gasteiger partial charge in [0.2, 0.25) is 0 Å². The topological polar surface area (TPSA) is 12.5 Å². The lowest BCUT2D eigenvalue weighted by molar-refractivity contribution is 0.467. The maximum absolute atomic E-state index is 4.70. The Hall–Kier alpha value is 0.690. The van der Waals surface area contributed by atoms with Crippen molar-refractivity contribution in [1.82, 2.24) is 0 Å². The lowest BCUT2D eigenvalue weighted by Gasteiger charge is -1.48. The van der Waals surface area contributed by atoms with E-state index in [-0.39, 0.29) is 0 Å². The average molecular weight is 170 g/mol. The van der Waals surface area contributed by atoms with Crippen molar-refractivity contribution in [2.75, 3.05) is 6.61 Å². The minimum atomic E-state index is 0.553. The summed E-state index contributed by atoms with van der Waals surface area (Å²) in [4.78, 5) is 0. The Morgan fingerprint density at radius 1 is 2.00 bits per heavy atom. The zero-order chi connectivity index (χ0) is 2.99. The molecule has 0 aliphatic carbocycles. The number of halogens is 1. The van der Waals surface area contributed by atoms with Gasteiger partial charge in [-0.15, -0.1) is 0 Å². The molecule has 1 fully saturated rings. The van der Waals surface area contributed by atoms with Crippen LogP contribution in [0, 0.1) is 0 Å². The molecule has 0 spiro atoms. The zero-order valence-electron chi connectivity index (χ0n) is 2.07. The second-order valence-electron chi connectivity index (χ2n) is 0.743. The average Bonchev–Trinajstić information content (AvgIpc) is 1.75. The van der Waals surface area contributed by atoms with Gasteiger partial charge in [-0.2, -0.15) is 0 Å². The molecule has 0 aromatic heterocycles. The van der Waals surface area contributed by atoms with Crippen molar-refractivity contribution in [2.45, 2.75) is 4.11 Å². The van der Waals surface area contributed by atoms with Crippen molar-refractivity contribution in [3.63, 3.8) is 0 Å². The van der Waals surface area contributed by atoms with Gasteiger partial charge in [0, 0.05) is 0 Å². The second kappa shape index (κ2) is 0.825. The maximum Gasteiger partial charge on any atom is 0.132 e. The van der Waals surface area contributed by atoms with Gasteiger partial charge >= 0.3 is 0 Å². The third-order valence-electron chi connectivity index (χ3n) is 0.293. The molecule has 2 heteroatoms. The van der Waals surface area contributed by atoms with Gasteiger partial charge in [0.1, 0.15) is 4.11 Å². The molecule has 1 saturated heterocycles. The van der Waals surface area contributed by atoms with Crippen LogP contribution in [0.5, 0.6) is 0 Å². The van der Waals surface area contributed by atoms with E-state index in [0.29, 0.717) is 4.11 Å². The minimum absolute atomic E-state index is 0.553. The van der Waals surface area contributed by atoms with Gasteiger partial charge in [0.25, 0.3) is 0 Å². The van der Waals surface area contributed by atoms with E-state index in [0.717, 1.165) is 6.61 Å². The van der Waals surface area contributed by atoms with Crippen LogP contribution >= 0.6 is 22.6 Å². The molecule has 1 nitrogen and oxygen atoms in total. The van der Waals surface area contributed by atoms with Crippen molar-refractivity contribution >= 4 is 22.6 Å². The molecule has 0 bridgehead atoms. The largest absolute Gasteiger partial charge is 0.362 e. The van der Waals surface area contributed by atoms with Crippen molar-refractivity contribution in [2.24, 2.45) is 0 Å². The smallest absolute Gasteiger partial charge is 0.132 e. The summed E-state index contributed by atoms with van der Waals surface area (Å²) in [7, 11) is 0. The molecule has 24 valence electrons. The fourth-order valence-electron chi connectivity index (χ4n) is 0.0364. The number of hydrogen-bond donors (Lipinski definition) is 0. The predicted octanol–water partition coefficient (Wildman–Crippen LogP) is 0.778. The first-order valence-electron chi connectivity index (χ1n) is 1.15. The van der Waals surface area contributed by atoms with Crippen molar-refractivity contribution in [1.29, 1.82) is 0 Å². The van der Waals surface area contributed by atoms with Crippen LogP contribution in [0.2, 0.25) is 0 Å². The number of epoxide rings is 1. The van der Waals surface area contributed by atoms with Crippen LogP contribution in [0.3, 0.4) is 0 Å². The Bertz CT molecular complexity index is 25.2. The lowest BCUT2D eigenvalue weighted by Crippen LogP contribution is -1.48. The molecule has 0 aromatic rings. The van der Waals surface area contributed by atoms with E-state index >= 15 is 0 Å². The van der Waals surface area contributed by atoms with Crippen molar-refractivity contribution in [3.05, 3.63) is 0 Å². The van der Waals surface area contributed by atoms with Gasteiger partial charge in [-0.25, -0.2) is 0 Å². The summed E-state index contributed by atoms with van der Waals surface area (Å²) in [6.45, 7) is 0.973. The summed E-state index contributed by atoms with van der Waals surface area (Å²) < 4.78 is 5.25. The summed E-state index contributed by atoms with van der Waals surface area (Å²) in [5, 5.41) is 0. The molecule has 1 aliphatic heterocycles. The number of hydrogen-bond acceptors (Lipinski definition) is 1. The molecular formula is C2H3IO. The van der Waals surface area contributed by atoms with Crippen molar-refractivity contribution in [3.8, 4) is 0 Å². The minimum Gasteiger partial charge on any atom is -0.362 e. The third kappa shape index (κ3) is 0.564. The van der Waals surface area contributed by atoms with E-state index in [1.165, 1.54) is 0 Å². The molecule has 4 heavy (non-hydrogen) atoms. The van der Waals surface area contributed by atoms with Gasteiger partial charge < -0.3 is 4.74 Å². The van der Waals surface area contributed by atoms with E-state index in [1.54, 1.807) is 0 Å². The van der Waals surface area contributed by atoms with Gasteiger partial charge in [0.15, 0.2) is 0 Å². The summed E-state index contributed by atoms with van der Waals surface area (Å²) >= 11 is 2.23. The SMILES string of the molecule is IC1CO1. The fraction of sp³-hybridized carbons (Fsp3) is 1.00. The molecule has 1 heterocycles. The molecule has 0 aromatic carbocycles. The standard InChI is InChI=1S/C2H3IO/c3-2-1-4-2/h2H,1H2. The molecule has 0 saturated carbocycles. The van der Waals surface area contributed by atoms with Gasteiger partial charge in [-0.1, -0.05) is 0 Å². The maximum atomic E-state index is 4.70. The number of rotatable bonds is 0. The Morgan fingerprint density at radius 3 is 2.25 bits per heavy atom. The molecule has 1 unspecified atom stereocenters. The number of alkyl halides is 1. The third-order valence-corrected chi connectivity index (χ3v) is 1.01. The highest BCUT2D eigenvalue weighted by Crippen LogP contribution is 2.15. The molecule has 1 aliphatic rings. The zero-order valence-corrected chi connectivity index (χ0v) is 4.23. The van der Waals surface area contributed by atoms with Crippen LogP contribution < -0.4 is 0 Å². The summed E-state index contributed by atoms with van der Waals surface area (Å²) in [6.07, 6.45) is 0. The van der Waals surface area contributed by atoms with Crippen LogP contribution in [0.1, 0.15) is 0 Å². The fourth-order valence-corrected chi connectivity index (χ4v) is 0.244. The summed E-state index contributed by atoms with van der Waals surface area (Å²) in [5.41, 5.74) is 0. The van der Waals surface area contributed by atoms with Gasteiger partial charge in [-0.3, -0.25) is 0 Å². The second-order valence-corrected chi connectivity index (χ2v) is 2.13. The highest BCUT2D eigenvalue weighted by molar-refractivity contribution is 14.1. The van der Waals surface area contributed by atoms with Crippen LogP contribution in [0.25, 0.3) is 0 Å². The van der Waals surface area contributed by atoms with Crippen molar-refractivity contribution < 1.29 is 4.74 Å². The van der Waals surface area contributed by atoms with Gasteiger partial charge in [0.05, 0.1) is 6.61 Å². The van der Waals surface area contributed by atoms with E-state index < -0.39 is 0 Å². The lowest BCUT2D eigenvalue weighted by atomic mass is 11.0. The van der Waals surface area contributed by atoms with Crippen LogP contribution in [0.4, 0.5) is 0 Å². The normalized spacial score (nSPS) is 39.8. The Morgan fingerprint density at radius 2 is 2.25 bits per heavy atom. The highest BCUT2D eigenvalue weighted by Gasteiger charge is 2.15. The first-order chi connectivity index (χ1) is 1.89. The molecule has 1 atom stereocenters. The Labute approximate surface area is 38.5 Å². The molecule has 1 rings (SSSR count). The van der Waals surface area contributed by atoms with E-state index in [4.69, 9.17) is 4.74 Å². The first-order valence-corrected chi connectivity index (χ1v) is 2.40. The molecular weight excluding hydrogens is 167 g/mol. The number of ether oxygens (including phenoxy) is 1. The van der Waals surface area contributed by atoms with E-state index in [9.17, 15) is 0 Å². The predicted molar refractivity (Wildman–Crippen MR) is 23.8 cm³/mol. The first kappa shape index (κ1) is 2.90. The summed E-state index contributed by atoms with van der Waals surface area (Å²) in [5.74, 6) is 0. The molecule has 0 amide bonds. The van der Waals surface area contributed by atoms with Crippen LogP contribution in [0.15, 0.2) is 0 Å². The van der Waals surface area contributed by atoms with E-state index in [1.807, 2.05) is 0 Å². The van der Waals surface area contributed by atoms with Crippen LogP contribution in [-0.4, -0.2) is 10.7 Å². The summed E-state index contributed by atoms with van der Waals surface area (Å²) in [6, 6.07) is 0. The van der Waals surface area contributed by atoms with Gasteiger partial charge in [-0.05, 0) is 22.6 Å². The highest BCUT2D eigenvalue weighted by atomic mass is 127. The Kier molecular flexibility index (Phi) is 0.599. The van der Waals surface area contributed by atoms with Crippen LogP contribution in [-0.2, 0) is 4.74 Å². The Balaban J connectivity index is 2.17. The quantitative estimate of drug-likeness (QED) is 0.297. The monoisotopic (exact) mass is 170 g/mol.